The van der Waals surface area contributed by atoms with Crippen molar-refractivity contribution in [1.82, 2.24) is 0 Å². The Labute approximate surface area is 193 Å². The fourth-order valence-electron chi connectivity index (χ4n) is 5.76. The molecule has 2 aromatic rings. The molecule has 2 fully saturated rings. The highest BCUT2D eigenvalue weighted by atomic mass is 16.3. The van der Waals surface area contributed by atoms with Gasteiger partial charge in [0.2, 0.25) is 0 Å². The largest absolute Gasteiger partial charge is 0.508 e. The van der Waals surface area contributed by atoms with Crippen LogP contribution < -0.4 is 11.5 Å². The number of allylic oxidation sites excluding steroid dienone is 2. The number of hydrogen-bond donors (Lipinski definition) is 3. The van der Waals surface area contributed by atoms with Crippen LogP contribution >= 0.6 is 0 Å². The molecule has 4 rings (SSSR count). The van der Waals surface area contributed by atoms with Gasteiger partial charge in [0.1, 0.15) is 5.75 Å². The van der Waals surface area contributed by atoms with E-state index in [-0.39, 0.29) is 0 Å². The van der Waals surface area contributed by atoms with Gasteiger partial charge in [0, 0.05) is 5.70 Å². The predicted molar refractivity (Wildman–Crippen MR) is 137 cm³/mol. The summed E-state index contributed by atoms with van der Waals surface area (Å²) in [7, 11) is 1.50. The van der Waals surface area contributed by atoms with Crippen LogP contribution in [-0.2, 0) is 0 Å². The zero-order chi connectivity index (χ0) is 23.3. The molecule has 170 valence electrons. The van der Waals surface area contributed by atoms with Crippen molar-refractivity contribution in [3.63, 3.8) is 0 Å². The molecule has 0 spiro atoms. The van der Waals surface area contributed by atoms with Crippen LogP contribution in [0.15, 0.2) is 72.5 Å². The van der Waals surface area contributed by atoms with E-state index in [2.05, 4.69) is 62.6 Å². The maximum absolute atomic E-state index is 9.85. The van der Waals surface area contributed by atoms with Crippen molar-refractivity contribution in [2.45, 2.75) is 39.5 Å². The minimum Gasteiger partial charge on any atom is -0.508 e. The van der Waals surface area contributed by atoms with Crippen molar-refractivity contribution >= 4 is 11.6 Å². The van der Waals surface area contributed by atoms with Crippen LogP contribution in [0.3, 0.4) is 0 Å². The van der Waals surface area contributed by atoms with Crippen LogP contribution in [0.1, 0.15) is 56.2 Å². The van der Waals surface area contributed by atoms with E-state index in [1.54, 1.807) is 17.7 Å². The molecule has 0 heterocycles. The van der Waals surface area contributed by atoms with Crippen molar-refractivity contribution < 1.29 is 5.11 Å². The Balaban J connectivity index is 0.00000141. The highest BCUT2D eigenvalue weighted by Gasteiger charge is 2.38. The number of rotatable bonds is 4. The Morgan fingerprint density at radius 1 is 0.906 bits per heavy atom. The maximum Gasteiger partial charge on any atom is 0.115 e. The average molecular weight is 431 g/mol. The average Bonchev–Trinajstić information content (AvgIpc) is 2.77. The topological polar surface area (TPSA) is 72.3 Å². The lowest BCUT2D eigenvalue weighted by atomic mass is 9.61. The molecule has 2 saturated carbocycles. The van der Waals surface area contributed by atoms with Crippen molar-refractivity contribution in [2.24, 2.45) is 35.1 Å². The lowest BCUT2D eigenvalue weighted by Gasteiger charge is -2.44. The van der Waals surface area contributed by atoms with Gasteiger partial charge in [0.25, 0.3) is 0 Å². The Hall–Kier alpha value is -2.78. The quantitative estimate of drug-likeness (QED) is 0.495. The molecule has 2 aliphatic rings. The first kappa shape index (κ1) is 23.9. The number of nitrogens with two attached hydrogens (primary N) is 2. The zero-order valence-electron chi connectivity index (χ0n) is 19.7. The molecule has 3 heteroatoms. The molecule has 4 atom stereocenters. The van der Waals surface area contributed by atoms with E-state index in [9.17, 15) is 5.11 Å². The number of benzene rings is 2. The highest BCUT2D eigenvalue weighted by Crippen LogP contribution is 2.51. The summed E-state index contributed by atoms with van der Waals surface area (Å²) in [4.78, 5) is 0. The number of phenols is 1. The number of phenolic OH excluding ortho intramolecular Hbond substituents is 1. The molecule has 3 nitrogen and oxygen atoms in total. The van der Waals surface area contributed by atoms with Gasteiger partial charge in [-0.1, -0.05) is 68.5 Å². The van der Waals surface area contributed by atoms with Crippen molar-refractivity contribution in [3.8, 4) is 5.75 Å². The summed E-state index contributed by atoms with van der Waals surface area (Å²) < 4.78 is 0. The van der Waals surface area contributed by atoms with Crippen LogP contribution in [0.4, 0.5) is 0 Å². The van der Waals surface area contributed by atoms with E-state index < -0.39 is 0 Å². The van der Waals surface area contributed by atoms with Crippen molar-refractivity contribution in [3.05, 3.63) is 89.1 Å². The Kier molecular flexibility index (Phi) is 7.98. The Bertz CT molecular complexity index is 965. The molecule has 0 radical (unpaired) electrons. The second-order valence-corrected chi connectivity index (χ2v) is 9.42. The first-order chi connectivity index (χ1) is 15.4. The number of hydrogen-bond acceptors (Lipinski definition) is 3. The highest BCUT2D eigenvalue weighted by molar-refractivity contribution is 5.83. The van der Waals surface area contributed by atoms with Gasteiger partial charge in [-0.05, 0) is 96.9 Å². The maximum atomic E-state index is 9.85. The second kappa shape index (κ2) is 10.7. The molecule has 32 heavy (non-hydrogen) atoms. The molecule has 2 aromatic carbocycles. The third kappa shape index (κ3) is 5.52. The number of aromatic hydroxyl groups is 1. The predicted octanol–water partition coefficient (Wildman–Crippen LogP) is 6.35. The van der Waals surface area contributed by atoms with Crippen LogP contribution in [0.2, 0.25) is 0 Å². The lowest BCUT2D eigenvalue weighted by Crippen LogP contribution is -2.32. The van der Waals surface area contributed by atoms with Crippen molar-refractivity contribution in [1.29, 1.82) is 0 Å². The summed E-state index contributed by atoms with van der Waals surface area (Å²) in [5.74, 6) is 3.23. The van der Waals surface area contributed by atoms with Gasteiger partial charge < -0.3 is 16.6 Å². The molecule has 2 aliphatic carbocycles. The van der Waals surface area contributed by atoms with Gasteiger partial charge in [0.15, 0.2) is 0 Å². The zero-order valence-corrected chi connectivity index (χ0v) is 19.7. The van der Waals surface area contributed by atoms with Gasteiger partial charge in [-0.15, -0.1) is 0 Å². The van der Waals surface area contributed by atoms with E-state index in [1.165, 1.54) is 49.4 Å². The van der Waals surface area contributed by atoms with E-state index in [0.29, 0.717) is 23.3 Å². The second-order valence-electron chi connectivity index (χ2n) is 9.42. The third-order valence-electron chi connectivity index (χ3n) is 6.83. The summed E-state index contributed by atoms with van der Waals surface area (Å²) in [5, 5.41) is 9.85. The summed E-state index contributed by atoms with van der Waals surface area (Å²) in [6.45, 7) is 8.56. The molecular formula is C29H38N2O. The minimum atomic E-state index is 0.314. The molecule has 0 saturated heterocycles. The van der Waals surface area contributed by atoms with E-state index in [1.807, 2.05) is 12.2 Å². The first-order valence-corrected chi connectivity index (χ1v) is 11.7. The molecule has 2 bridgehead atoms. The molecule has 0 amide bonds. The van der Waals surface area contributed by atoms with E-state index >= 15 is 0 Å². The Morgan fingerprint density at radius 3 is 2.09 bits per heavy atom. The fourth-order valence-corrected chi connectivity index (χ4v) is 5.76. The van der Waals surface area contributed by atoms with Gasteiger partial charge in [-0.25, -0.2) is 0 Å². The minimum absolute atomic E-state index is 0.314. The van der Waals surface area contributed by atoms with Gasteiger partial charge >= 0.3 is 0 Å². The monoisotopic (exact) mass is 430 g/mol. The summed E-state index contributed by atoms with van der Waals surface area (Å²) in [6, 6.07) is 16.5. The summed E-state index contributed by atoms with van der Waals surface area (Å²) in [6.07, 6.45) is 9.12. The molecule has 0 aromatic heterocycles. The summed E-state index contributed by atoms with van der Waals surface area (Å²) >= 11 is 0. The van der Waals surface area contributed by atoms with E-state index in [4.69, 9.17) is 5.73 Å². The number of fused-ring (bicyclic) bond motifs is 2. The normalized spacial score (nSPS) is 26.2. The fraction of sp³-hybridized carbons (Fsp3) is 0.379. The molecule has 0 aliphatic heterocycles. The van der Waals surface area contributed by atoms with Gasteiger partial charge in [-0.2, -0.15) is 0 Å². The van der Waals surface area contributed by atoms with Gasteiger partial charge in [0.05, 0.1) is 0 Å². The molecule has 4 unspecified atom stereocenters. The molecular weight excluding hydrogens is 392 g/mol. The summed E-state index contributed by atoms with van der Waals surface area (Å²) in [5.41, 5.74) is 17.3. The lowest BCUT2D eigenvalue weighted by molar-refractivity contribution is 0.163. The van der Waals surface area contributed by atoms with Crippen LogP contribution in [0.25, 0.3) is 11.6 Å². The van der Waals surface area contributed by atoms with Crippen LogP contribution in [-0.4, -0.2) is 12.2 Å². The smallest absolute Gasteiger partial charge is 0.115 e. The van der Waals surface area contributed by atoms with Crippen molar-refractivity contribution in [2.75, 3.05) is 7.05 Å². The third-order valence-corrected chi connectivity index (χ3v) is 6.83. The van der Waals surface area contributed by atoms with E-state index in [0.717, 1.165) is 17.4 Å². The van der Waals surface area contributed by atoms with Crippen LogP contribution in [0.5, 0.6) is 5.75 Å². The van der Waals surface area contributed by atoms with Gasteiger partial charge in [-0.3, -0.25) is 0 Å². The SMILES string of the molecule is C=C(N)/C=C/c1ccc(/C(=C2\C(C)CC3CC(C)CC2C3)c2ccc(O)cc2)cc1.CN. The van der Waals surface area contributed by atoms with Crippen LogP contribution in [0, 0.1) is 23.7 Å². The Morgan fingerprint density at radius 2 is 1.50 bits per heavy atom. The first-order valence-electron chi connectivity index (χ1n) is 11.7. The molecule has 5 N–H and O–H groups in total. The standard InChI is InChI=1S/C28H33NO.CH5N/c1-18-14-22-16-19(2)27(25(15-18)17-22)28(24-10-12-26(30)13-11-24)23-8-6-21(7-9-23)5-4-20(3)29;1-2/h4-13,18-19,22,25,30H,3,14-17,29H2,1-2H3;2H2,1H3/b5-4+,28-27-;.